The zero-order chi connectivity index (χ0) is 16.5. The first-order chi connectivity index (χ1) is 10.2. The Morgan fingerprint density at radius 1 is 1.45 bits per heavy atom. The molecule has 0 unspecified atom stereocenters. The summed E-state index contributed by atoms with van der Waals surface area (Å²) >= 11 is 1.74. The van der Waals surface area contributed by atoms with Crippen LogP contribution in [-0.2, 0) is 16.3 Å². The van der Waals surface area contributed by atoms with Crippen LogP contribution in [0.1, 0.15) is 30.5 Å². The lowest BCUT2D eigenvalue weighted by molar-refractivity contribution is 0.175. The normalized spacial score (nSPS) is 25.7. The Labute approximate surface area is 136 Å². The molecule has 1 aliphatic rings. The van der Waals surface area contributed by atoms with Crippen molar-refractivity contribution in [1.29, 1.82) is 0 Å². The van der Waals surface area contributed by atoms with Gasteiger partial charge in [0.05, 0.1) is 11.0 Å². The molecule has 7 heteroatoms. The third kappa shape index (κ3) is 3.81. The van der Waals surface area contributed by atoms with E-state index >= 15 is 0 Å². The number of aryl methyl sites for hydroxylation is 1. The standard InChI is InChI=1S/C15H24N2O3S2/c1-10(9-14-6-5-11(2)21-14)16-15(18)17-7-8-22(19,20)13(4)12(17)3/h5-6,10,12-13H,7-9H2,1-4H3,(H,16,18)/t10-,12-,13-/m0/s1. The number of nitrogens with one attached hydrogen (secondary N) is 1. The predicted molar refractivity (Wildman–Crippen MR) is 90.2 cm³/mol. The summed E-state index contributed by atoms with van der Waals surface area (Å²) in [5.41, 5.74) is 0. The van der Waals surface area contributed by atoms with Crippen molar-refractivity contribution in [1.82, 2.24) is 10.2 Å². The average molecular weight is 345 g/mol. The lowest BCUT2D eigenvalue weighted by Crippen LogP contribution is -2.57. The zero-order valence-electron chi connectivity index (χ0n) is 13.5. The predicted octanol–water partition coefficient (Wildman–Crippen LogP) is 2.20. The van der Waals surface area contributed by atoms with E-state index in [1.54, 1.807) is 30.1 Å². The van der Waals surface area contributed by atoms with Gasteiger partial charge < -0.3 is 10.2 Å². The van der Waals surface area contributed by atoms with Crippen LogP contribution in [0.15, 0.2) is 12.1 Å². The van der Waals surface area contributed by atoms with Crippen molar-refractivity contribution in [2.24, 2.45) is 0 Å². The van der Waals surface area contributed by atoms with E-state index in [0.717, 1.165) is 6.42 Å². The number of urea groups is 1. The molecule has 2 amide bonds. The Morgan fingerprint density at radius 3 is 2.73 bits per heavy atom. The van der Waals surface area contributed by atoms with Crippen molar-refractivity contribution >= 4 is 27.2 Å². The minimum Gasteiger partial charge on any atom is -0.335 e. The van der Waals surface area contributed by atoms with E-state index in [2.05, 4.69) is 24.4 Å². The summed E-state index contributed by atoms with van der Waals surface area (Å²) in [7, 11) is -3.07. The minimum absolute atomic E-state index is 0.0200. The number of hydrogen-bond acceptors (Lipinski definition) is 4. The summed E-state index contributed by atoms with van der Waals surface area (Å²) in [6.45, 7) is 7.78. The number of rotatable bonds is 3. The molecule has 22 heavy (non-hydrogen) atoms. The molecule has 1 saturated heterocycles. The molecule has 1 aliphatic heterocycles. The van der Waals surface area contributed by atoms with E-state index in [1.807, 2.05) is 6.92 Å². The van der Waals surface area contributed by atoms with Gasteiger partial charge in [-0.2, -0.15) is 0 Å². The highest BCUT2D eigenvalue weighted by atomic mass is 32.2. The molecule has 2 heterocycles. The van der Waals surface area contributed by atoms with Crippen molar-refractivity contribution in [2.75, 3.05) is 12.3 Å². The number of sulfone groups is 1. The van der Waals surface area contributed by atoms with Crippen LogP contribution in [0.3, 0.4) is 0 Å². The first kappa shape index (κ1) is 17.3. The largest absolute Gasteiger partial charge is 0.335 e. The van der Waals surface area contributed by atoms with E-state index in [-0.39, 0.29) is 30.4 Å². The Morgan fingerprint density at radius 2 is 2.14 bits per heavy atom. The minimum atomic E-state index is -3.07. The molecule has 0 aliphatic carbocycles. The van der Waals surface area contributed by atoms with Crippen LogP contribution in [-0.4, -0.2) is 49.0 Å². The van der Waals surface area contributed by atoms with Gasteiger partial charge in [0.15, 0.2) is 9.84 Å². The number of thiophene rings is 1. The first-order valence-electron chi connectivity index (χ1n) is 7.54. The second-order valence-corrected chi connectivity index (χ2v) is 9.92. The lowest BCUT2D eigenvalue weighted by atomic mass is 10.2. The third-order valence-electron chi connectivity index (χ3n) is 4.29. The summed E-state index contributed by atoms with van der Waals surface area (Å²) in [6, 6.07) is 3.71. The maximum atomic E-state index is 12.4. The summed E-state index contributed by atoms with van der Waals surface area (Å²) in [5.74, 6) is 0.0461. The fraction of sp³-hybridized carbons (Fsp3) is 0.667. The van der Waals surface area contributed by atoms with Gasteiger partial charge in [-0.15, -0.1) is 11.3 Å². The molecule has 0 radical (unpaired) electrons. The quantitative estimate of drug-likeness (QED) is 0.914. The van der Waals surface area contributed by atoms with Crippen LogP contribution < -0.4 is 5.32 Å². The van der Waals surface area contributed by atoms with Crippen molar-refractivity contribution in [3.05, 3.63) is 21.9 Å². The molecule has 2 rings (SSSR count). The average Bonchev–Trinajstić information content (AvgIpc) is 2.81. The van der Waals surface area contributed by atoms with Crippen LogP contribution in [0.4, 0.5) is 4.79 Å². The Balaban J connectivity index is 1.94. The smallest absolute Gasteiger partial charge is 0.317 e. The Bertz CT molecular complexity index is 639. The summed E-state index contributed by atoms with van der Waals surface area (Å²) in [5, 5.41) is 2.47. The molecule has 0 saturated carbocycles. The van der Waals surface area contributed by atoms with Gasteiger partial charge in [0.1, 0.15) is 0 Å². The highest BCUT2D eigenvalue weighted by Crippen LogP contribution is 2.20. The highest BCUT2D eigenvalue weighted by Gasteiger charge is 2.38. The van der Waals surface area contributed by atoms with Gasteiger partial charge in [0.25, 0.3) is 0 Å². The molecule has 5 nitrogen and oxygen atoms in total. The first-order valence-corrected chi connectivity index (χ1v) is 10.1. The molecule has 3 atom stereocenters. The van der Waals surface area contributed by atoms with Gasteiger partial charge in [-0.25, -0.2) is 13.2 Å². The van der Waals surface area contributed by atoms with E-state index in [1.165, 1.54) is 9.75 Å². The molecule has 1 aromatic rings. The van der Waals surface area contributed by atoms with Gasteiger partial charge in [-0.3, -0.25) is 0 Å². The molecule has 124 valence electrons. The summed E-state index contributed by atoms with van der Waals surface area (Å²) < 4.78 is 23.7. The third-order valence-corrected chi connectivity index (χ3v) is 7.59. The molecular formula is C15H24N2O3S2. The van der Waals surface area contributed by atoms with Gasteiger partial charge >= 0.3 is 6.03 Å². The second-order valence-electron chi connectivity index (χ2n) is 6.07. The molecular weight excluding hydrogens is 320 g/mol. The molecule has 0 spiro atoms. The van der Waals surface area contributed by atoms with Crippen molar-refractivity contribution in [3.8, 4) is 0 Å². The van der Waals surface area contributed by atoms with Gasteiger partial charge in [0.2, 0.25) is 0 Å². The van der Waals surface area contributed by atoms with Gasteiger partial charge in [0, 0.05) is 34.8 Å². The van der Waals surface area contributed by atoms with Crippen molar-refractivity contribution < 1.29 is 13.2 Å². The fourth-order valence-electron chi connectivity index (χ4n) is 2.70. The number of amides is 2. The highest BCUT2D eigenvalue weighted by molar-refractivity contribution is 7.92. The van der Waals surface area contributed by atoms with Crippen LogP contribution in [0.25, 0.3) is 0 Å². The molecule has 0 aromatic carbocycles. The number of carbonyl (C=O) groups excluding carboxylic acids is 1. The Hall–Kier alpha value is -1.08. The monoisotopic (exact) mass is 344 g/mol. The SMILES string of the molecule is Cc1ccc(C[C@H](C)NC(=O)N2CCS(=O)(=O)[C@@H](C)[C@@H]2C)s1. The van der Waals surface area contributed by atoms with E-state index in [4.69, 9.17) is 0 Å². The van der Waals surface area contributed by atoms with Crippen LogP contribution in [0, 0.1) is 6.92 Å². The molecule has 0 bridgehead atoms. The van der Waals surface area contributed by atoms with Crippen molar-refractivity contribution in [3.63, 3.8) is 0 Å². The van der Waals surface area contributed by atoms with Crippen molar-refractivity contribution in [2.45, 2.75) is 51.4 Å². The zero-order valence-corrected chi connectivity index (χ0v) is 15.1. The molecule has 1 fully saturated rings. The fourth-order valence-corrected chi connectivity index (χ4v) is 5.29. The van der Waals surface area contributed by atoms with E-state index < -0.39 is 15.1 Å². The second kappa shape index (κ2) is 6.58. The van der Waals surface area contributed by atoms with E-state index in [9.17, 15) is 13.2 Å². The Kier molecular flexibility index (Phi) is 5.17. The number of nitrogens with zero attached hydrogens (tertiary/aromatic N) is 1. The van der Waals surface area contributed by atoms with Crippen LogP contribution in [0.2, 0.25) is 0 Å². The maximum absolute atomic E-state index is 12.4. The van der Waals surface area contributed by atoms with Gasteiger partial charge in [-0.1, -0.05) is 0 Å². The van der Waals surface area contributed by atoms with Gasteiger partial charge in [-0.05, 0) is 39.8 Å². The van der Waals surface area contributed by atoms with E-state index in [0.29, 0.717) is 0 Å². The lowest BCUT2D eigenvalue weighted by Gasteiger charge is -2.38. The van der Waals surface area contributed by atoms with Crippen LogP contribution >= 0.6 is 11.3 Å². The summed E-state index contributed by atoms with van der Waals surface area (Å²) in [6.07, 6.45) is 0.792. The maximum Gasteiger partial charge on any atom is 0.317 e. The number of carbonyl (C=O) groups is 1. The molecule has 1 aromatic heterocycles. The molecule has 1 N–H and O–H groups in total. The topological polar surface area (TPSA) is 66.5 Å². The number of hydrogen-bond donors (Lipinski definition) is 1. The summed E-state index contributed by atoms with van der Waals surface area (Å²) in [4.78, 5) is 16.5. The van der Waals surface area contributed by atoms with Crippen LogP contribution in [0.5, 0.6) is 0 Å².